The van der Waals surface area contributed by atoms with E-state index in [1.54, 1.807) is 18.2 Å². The summed E-state index contributed by atoms with van der Waals surface area (Å²) in [6.07, 6.45) is 0. The van der Waals surface area contributed by atoms with Crippen LogP contribution in [0.5, 0.6) is 0 Å². The van der Waals surface area contributed by atoms with Gasteiger partial charge in [-0.2, -0.15) is 5.26 Å². The van der Waals surface area contributed by atoms with E-state index in [0.717, 1.165) is 6.07 Å². The number of carbonyl (C=O) groups is 1. The molecule has 0 radical (unpaired) electrons. The van der Waals surface area contributed by atoms with Gasteiger partial charge in [-0.15, -0.1) is 0 Å². The highest BCUT2D eigenvalue weighted by Gasteiger charge is 2.13. The number of aliphatic hydroxyl groups is 1. The van der Waals surface area contributed by atoms with Gasteiger partial charge in [-0.3, -0.25) is 0 Å². The first-order valence-corrected chi connectivity index (χ1v) is 6.20. The van der Waals surface area contributed by atoms with Gasteiger partial charge in [0, 0.05) is 5.56 Å². The topological polar surface area (TPSA) is 70.3 Å². The quantitative estimate of drug-likeness (QED) is 0.876. The molecule has 0 unspecified atom stereocenters. The maximum Gasteiger partial charge on any atom is 0.338 e. The second kappa shape index (κ2) is 6.64. The summed E-state index contributed by atoms with van der Waals surface area (Å²) in [4.78, 5) is 11.9. The van der Waals surface area contributed by atoms with Crippen molar-refractivity contribution in [3.05, 3.63) is 70.5 Å². The number of hydrogen-bond acceptors (Lipinski definition) is 4. The fourth-order valence-corrected chi connectivity index (χ4v) is 1.83. The number of aliphatic hydroxyl groups excluding tert-OH is 1. The molecule has 0 fully saturated rings. The third kappa shape index (κ3) is 3.44. The first-order chi connectivity index (χ1) is 10.2. The van der Waals surface area contributed by atoms with Gasteiger partial charge in [-0.05, 0) is 29.8 Å². The summed E-state index contributed by atoms with van der Waals surface area (Å²) in [5.41, 5.74) is 1.09. The molecule has 2 aromatic carbocycles. The van der Waals surface area contributed by atoms with Crippen molar-refractivity contribution >= 4 is 5.97 Å². The van der Waals surface area contributed by atoms with Crippen LogP contribution >= 0.6 is 0 Å². The molecule has 0 aliphatic heterocycles. The van der Waals surface area contributed by atoms with E-state index in [1.165, 1.54) is 18.2 Å². The van der Waals surface area contributed by atoms with E-state index in [2.05, 4.69) is 0 Å². The predicted molar refractivity (Wildman–Crippen MR) is 72.6 cm³/mol. The van der Waals surface area contributed by atoms with Crippen molar-refractivity contribution in [1.82, 2.24) is 0 Å². The Morgan fingerprint density at radius 1 is 1.24 bits per heavy atom. The van der Waals surface area contributed by atoms with Crippen LogP contribution in [-0.2, 0) is 18.0 Å². The Hall–Kier alpha value is -2.71. The van der Waals surface area contributed by atoms with E-state index in [0.29, 0.717) is 11.1 Å². The summed E-state index contributed by atoms with van der Waals surface area (Å²) in [5.74, 6) is -1.20. The minimum absolute atomic E-state index is 0.129. The molecule has 0 heterocycles. The maximum absolute atomic E-state index is 13.6. The van der Waals surface area contributed by atoms with Crippen molar-refractivity contribution in [2.45, 2.75) is 13.2 Å². The molecule has 0 spiro atoms. The number of nitriles is 1. The molecule has 0 saturated carbocycles. The average Bonchev–Trinajstić information content (AvgIpc) is 2.53. The van der Waals surface area contributed by atoms with Crippen LogP contribution in [0.2, 0.25) is 0 Å². The number of ether oxygens (including phenoxy) is 1. The summed E-state index contributed by atoms with van der Waals surface area (Å²) in [7, 11) is 0. The van der Waals surface area contributed by atoms with E-state index in [9.17, 15) is 9.18 Å². The van der Waals surface area contributed by atoms with Crippen molar-refractivity contribution in [2.24, 2.45) is 0 Å². The predicted octanol–water partition coefficient (Wildman–Crippen LogP) is 2.55. The van der Waals surface area contributed by atoms with Crippen molar-refractivity contribution < 1.29 is 19.0 Å². The first kappa shape index (κ1) is 14.7. The average molecular weight is 285 g/mol. The highest BCUT2D eigenvalue weighted by Crippen LogP contribution is 2.14. The largest absolute Gasteiger partial charge is 0.457 e. The molecule has 106 valence electrons. The standard InChI is InChI=1S/C16H12FNO3/c17-15-6-5-11(8-18)7-13(15)10-21-16(20)14-4-2-1-3-12(14)9-19/h1-7,19H,9-10H2. The SMILES string of the molecule is N#Cc1ccc(F)c(COC(=O)c2ccccc2CO)c1. The van der Waals surface area contributed by atoms with Crippen molar-refractivity contribution in [2.75, 3.05) is 0 Å². The van der Waals surface area contributed by atoms with Crippen LogP contribution in [0.3, 0.4) is 0 Å². The van der Waals surface area contributed by atoms with Crippen molar-refractivity contribution in [1.29, 1.82) is 5.26 Å². The lowest BCUT2D eigenvalue weighted by Crippen LogP contribution is -2.09. The Bertz CT molecular complexity index is 707. The third-order valence-corrected chi connectivity index (χ3v) is 2.94. The van der Waals surface area contributed by atoms with Gasteiger partial charge in [0.25, 0.3) is 0 Å². The molecule has 5 heteroatoms. The minimum atomic E-state index is -0.651. The van der Waals surface area contributed by atoms with Crippen molar-refractivity contribution in [3.8, 4) is 6.07 Å². The molecule has 2 aromatic rings. The highest BCUT2D eigenvalue weighted by atomic mass is 19.1. The van der Waals surface area contributed by atoms with Gasteiger partial charge in [-0.25, -0.2) is 9.18 Å². The van der Waals surface area contributed by atoms with E-state index < -0.39 is 11.8 Å². The fourth-order valence-electron chi connectivity index (χ4n) is 1.83. The summed E-state index contributed by atoms with van der Waals surface area (Å²) in [5, 5.41) is 17.9. The van der Waals surface area contributed by atoms with Gasteiger partial charge < -0.3 is 9.84 Å². The normalized spacial score (nSPS) is 9.95. The lowest BCUT2D eigenvalue weighted by atomic mass is 10.1. The molecule has 4 nitrogen and oxygen atoms in total. The Morgan fingerprint density at radius 2 is 2.00 bits per heavy atom. The Labute approximate surface area is 121 Å². The number of rotatable bonds is 4. The zero-order valence-corrected chi connectivity index (χ0v) is 11.0. The Kier molecular flexibility index (Phi) is 4.64. The number of nitrogens with zero attached hydrogens (tertiary/aromatic N) is 1. The molecule has 1 N–H and O–H groups in total. The molecule has 0 aliphatic rings. The molecule has 0 saturated heterocycles. The second-order valence-corrected chi connectivity index (χ2v) is 4.31. The van der Waals surface area contributed by atoms with Crippen LogP contribution in [0.4, 0.5) is 4.39 Å². The smallest absolute Gasteiger partial charge is 0.338 e. The molecule has 0 aliphatic carbocycles. The van der Waals surface area contributed by atoms with Gasteiger partial charge in [0.2, 0.25) is 0 Å². The number of hydrogen-bond donors (Lipinski definition) is 1. The van der Waals surface area contributed by atoms with E-state index in [1.807, 2.05) is 6.07 Å². The summed E-state index contributed by atoms with van der Waals surface area (Å²) < 4.78 is 18.6. The van der Waals surface area contributed by atoms with Crippen LogP contribution in [-0.4, -0.2) is 11.1 Å². The zero-order valence-electron chi connectivity index (χ0n) is 11.0. The lowest BCUT2D eigenvalue weighted by Gasteiger charge is -2.08. The number of benzene rings is 2. The van der Waals surface area contributed by atoms with Crippen LogP contribution in [0.15, 0.2) is 42.5 Å². The second-order valence-electron chi connectivity index (χ2n) is 4.31. The maximum atomic E-state index is 13.6. The number of esters is 1. The minimum Gasteiger partial charge on any atom is -0.457 e. The van der Waals surface area contributed by atoms with Gasteiger partial charge in [0.15, 0.2) is 0 Å². The monoisotopic (exact) mass is 285 g/mol. The number of carbonyl (C=O) groups excluding carboxylic acids is 1. The summed E-state index contributed by atoms with van der Waals surface area (Å²) in [6, 6.07) is 12.2. The fraction of sp³-hybridized carbons (Fsp3) is 0.125. The van der Waals surface area contributed by atoms with E-state index in [-0.39, 0.29) is 24.3 Å². The molecule has 0 bridgehead atoms. The van der Waals surface area contributed by atoms with Crippen LogP contribution in [0, 0.1) is 17.1 Å². The first-order valence-electron chi connectivity index (χ1n) is 6.20. The molecule has 0 atom stereocenters. The summed E-state index contributed by atoms with van der Waals surface area (Å²) >= 11 is 0. The zero-order chi connectivity index (χ0) is 15.2. The van der Waals surface area contributed by atoms with Crippen LogP contribution in [0.25, 0.3) is 0 Å². The number of halogens is 1. The van der Waals surface area contributed by atoms with Crippen LogP contribution < -0.4 is 0 Å². The Balaban J connectivity index is 2.13. The molecule has 21 heavy (non-hydrogen) atoms. The molecule has 2 rings (SSSR count). The molecular weight excluding hydrogens is 273 g/mol. The van der Waals surface area contributed by atoms with Crippen LogP contribution in [0.1, 0.15) is 27.0 Å². The lowest BCUT2D eigenvalue weighted by molar-refractivity contribution is 0.0465. The molecular formula is C16H12FNO3. The van der Waals surface area contributed by atoms with Gasteiger partial charge in [0.1, 0.15) is 12.4 Å². The van der Waals surface area contributed by atoms with E-state index >= 15 is 0 Å². The highest BCUT2D eigenvalue weighted by molar-refractivity contribution is 5.91. The molecule has 0 amide bonds. The van der Waals surface area contributed by atoms with Gasteiger partial charge >= 0.3 is 5.97 Å². The third-order valence-electron chi connectivity index (χ3n) is 2.94. The Morgan fingerprint density at radius 3 is 2.71 bits per heavy atom. The molecule has 0 aromatic heterocycles. The van der Waals surface area contributed by atoms with E-state index in [4.69, 9.17) is 15.1 Å². The van der Waals surface area contributed by atoms with Gasteiger partial charge in [0.05, 0.1) is 23.8 Å². The summed E-state index contributed by atoms with van der Waals surface area (Å²) in [6.45, 7) is -0.566. The van der Waals surface area contributed by atoms with Crippen molar-refractivity contribution in [3.63, 3.8) is 0 Å². The van der Waals surface area contributed by atoms with Gasteiger partial charge in [-0.1, -0.05) is 18.2 Å².